The molecule has 2 saturated carbocycles. The summed E-state index contributed by atoms with van der Waals surface area (Å²) < 4.78 is 10.9. The summed E-state index contributed by atoms with van der Waals surface area (Å²) >= 11 is 0. The van der Waals surface area contributed by atoms with Gasteiger partial charge in [-0.15, -0.1) is 0 Å². The third-order valence-electron chi connectivity index (χ3n) is 9.44. The lowest BCUT2D eigenvalue weighted by Crippen LogP contribution is -2.74. The fraction of sp³-hybridized carbons (Fsp3) is 0.615. The van der Waals surface area contributed by atoms with E-state index in [0.29, 0.717) is 12.8 Å². The van der Waals surface area contributed by atoms with Gasteiger partial charge in [0, 0.05) is 16.9 Å². The number of rotatable bonds is 1. The van der Waals surface area contributed by atoms with Gasteiger partial charge in [0.2, 0.25) is 0 Å². The van der Waals surface area contributed by atoms with E-state index in [0.717, 1.165) is 11.1 Å². The van der Waals surface area contributed by atoms with Gasteiger partial charge in [0.1, 0.15) is 5.60 Å². The molecule has 0 aromatic heterocycles. The minimum absolute atomic E-state index is 0.184. The Morgan fingerprint density at radius 2 is 1.70 bits per heavy atom. The number of fused-ring (bicyclic) bond motifs is 4. The third-order valence-corrected chi connectivity index (χ3v) is 9.44. The highest BCUT2D eigenvalue weighted by molar-refractivity contribution is 6.26. The second-order valence-corrected chi connectivity index (χ2v) is 11.1. The molecule has 0 unspecified atom stereocenters. The standard InChI is InChI=1S/C26H32O7/c1-14-16-13-22(5)15(2)26(20(30)32-8,19(29)24(7,31)18(22)28)23(16,6)11-12-25(14)10-9-17(27)33-21(25,3)4/h9-10,31H,2,11-13H2,1,3-8H3/t22-,23+,24+,25+,26+/m1/s1. The lowest BCUT2D eigenvalue weighted by atomic mass is 9.36. The van der Waals surface area contributed by atoms with E-state index >= 15 is 0 Å². The monoisotopic (exact) mass is 456 g/mol. The van der Waals surface area contributed by atoms with Crippen LogP contribution in [0.1, 0.15) is 60.8 Å². The molecule has 0 amide bonds. The van der Waals surface area contributed by atoms with Crippen LogP contribution in [-0.4, -0.2) is 46.9 Å². The average Bonchev–Trinajstić information content (AvgIpc) is 2.73. The first-order valence-electron chi connectivity index (χ1n) is 11.2. The molecule has 178 valence electrons. The fourth-order valence-electron chi connectivity index (χ4n) is 7.37. The molecule has 1 heterocycles. The van der Waals surface area contributed by atoms with Crippen molar-refractivity contribution in [3.05, 3.63) is 35.5 Å². The van der Waals surface area contributed by atoms with E-state index in [-0.39, 0.29) is 12.0 Å². The zero-order valence-corrected chi connectivity index (χ0v) is 20.4. The molecule has 2 bridgehead atoms. The number of ketones is 2. The van der Waals surface area contributed by atoms with Crippen molar-refractivity contribution in [2.45, 2.75) is 72.0 Å². The normalized spacial score (nSPS) is 44.0. The molecule has 5 atom stereocenters. The van der Waals surface area contributed by atoms with E-state index in [1.807, 2.05) is 33.8 Å². The van der Waals surface area contributed by atoms with Crippen LogP contribution in [0.4, 0.5) is 0 Å². The predicted molar refractivity (Wildman–Crippen MR) is 119 cm³/mol. The molecule has 3 aliphatic carbocycles. The van der Waals surface area contributed by atoms with Crippen LogP contribution in [0, 0.1) is 21.7 Å². The molecule has 4 aliphatic rings. The maximum atomic E-state index is 13.9. The van der Waals surface area contributed by atoms with Crippen molar-refractivity contribution in [2.24, 2.45) is 21.7 Å². The van der Waals surface area contributed by atoms with Crippen LogP contribution in [0.15, 0.2) is 35.5 Å². The van der Waals surface area contributed by atoms with Gasteiger partial charge in [0.15, 0.2) is 22.6 Å². The SMILES string of the molecule is C=C1[C@@]2(C)CC3=C(C)[C@]4(C=CC(=O)OC4(C)C)CC[C@]3(C)[C@]1(C(=O)OC)C(=O)[C@@](C)(O)C2=O. The molecule has 0 radical (unpaired) electrons. The first-order valence-corrected chi connectivity index (χ1v) is 11.2. The van der Waals surface area contributed by atoms with E-state index < -0.39 is 56.4 Å². The van der Waals surface area contributed by atoms with E-state index in [4.69, 9.17) is 9.47 Å². The zero-order valence-electron chi connectivity index (χ0n) is 20.4. The van der Waals surface area contributed by atoms with Crippen LogP contribution < -0.4 is 0 Å². The van der Waals surface area contributed by atoms with Gasteiger partial charge in [0.25, 0.3) is 0 Å². The number of hydrogen-bond acceptors (Lipinski definition) is 7. The summed E-state index contributed by atoms with van der Waals surface area (Å²) in [6.45, 7) is 14.4. The largest absolute Gasteiger partial charge is 0.468 e. The summed E-state index contributed by atoms with van der Waals surface area (Å²) in [7, 11) is 1.20. The zero-order chi connectivity index (χ0) is 25.0. The van der Waals surface area contributed by atoms with E-state index in [9.17, 15) is 24.3 Å². The molecule has 0 saturated heterocycles. The molecular formula is C26H32O7. The molecule has 0 aromatic carbocycles. The lowest BCUT2D eigenvalue weighted by molar-refractivity contribution is -0.186. The number of aliphatic hydroxyl groups is 1. The van der Waals surface area contributed by atoms with Crippen molar-refractivity contribution in [1.29, 1.82) is 0 Å². The number of cyclic esters (lactones) is 1. The molecule has 2 fully saturated rings. The summed E-state index contributed by atoms with van der Waals surface area (Å²) in [6.07, 6.45) is 4.33. The van der Waals surface area contributed by atoms with E-state index in [1.165, 1.54) is 20.1 Å². The highest BCUT2D eigenvalue weighted by Gasteiger charge is 2.78. The maximum Gasteiger partial charge on any atom is 0.331 e. The maximum absolute atomic E-state index is 13.9. The van der Waals surface area contributed by atoms with Gasteiger partial charge in [-0.25, -0.2) is 4.79 Å². The highest BCUT2D eigenvalue weighted by atomic mass is 16.6. The second-order valence-electron chi connectivity index (χ2n) is 11.1. The molecular weight excluding hydrogens is 424 g/mol. The molecule has 33 heavy (non-hydrogen) atoms. The quantitative estimate of drug-likeness (QED) is 0.367. The minimum atomic E-state index is -2.35. The Kier molecular flexibility index (Phi) is 4.52. The summed E-state index contributed by atoms with van der Waals surface area (Å²) in [6, 6.07) is 0. The van der Waals surface area contributed by atoms with Crippen molar-refractivity contribution in [3.8, 4) is 0 Å². The van der Waals surface area contributed by atoms with Gasteiger partial charge in [-0.2, -0.15) is 0 Å². The van der Waals surface area contributed by atoms with Crippen LogP contribution in [0.5, 0.6) is 0 Å². The Bertz CT molecular complexity index is 1100. The third kappa shape index (κ3) is 2.29. The highest BCUT2D eigenvalue weighted by Crippen LogP contribution is 2.72. The molecule has 0 aromatic rings. The number of methoxy groups -OCH3 is 1. The number of ether oxygens (including phenoxy) is 2. The van der Waals surface area contributed by atoms with Crippen LogP contribution in [0.2, 0.25) is 0 Å². The van der Waals surface area contributed by atoms with Crippen molar-refractivity contribution in [3.63, 3.8) is 0 Å². The number of carbonyl (C=O) groups is 4. The van der Waals surface area contributed by atoms with Crippen molar-refractivity contribution < 1.29 is 33.8 Å². The fourth-order valence-corrected chi connectivity index (χ4v) is 7.37. The topological polar surface area (TPSA) is 107 Å². The van der Waals surface area contributed by atoms with Crippen LogP contribution in [0.25, 0.3) is 0 Å². The van der Waals surface area contributed by atoms with Gasteiger partial charge < -0.3 is 14.6 Å². The second kappa shape index (κ2) is 6.32. The minimum Gasteiger partial charge on any atom is -0.468 e. The summed E-state index contributed by atoms with van der Waals surface area (Å²) in [5.74, 6) is -2.80. The molecule has 7 heteroatoms. The van der Waals surface area contributed by atoms with Crippen molar-refractivity contribution in [1.82, 2.24) is 0 Å². The van der Waals surface area contributed by atoms with Crippen molar-refractivity contribution >= 4 is 23.5 Å². The van der Waals surface area contributed by atoms with E-state index in [2.05, 4.69) is 6.58 Å². The number of allylic oxidation sites excluding steroid dienone is 1. The first-order chi connectivity index (χ1) is 15.0. The molecule has 1 aliphatic heterocycles. The predicted octanol–water partition coefficient (Wildman–Crippen LogP) is 3.01. The Hall–Kier alpha value is -2.54. The summed E-state index contributed by atoms with van der Waals surface area (Å²) in [4.78, 5) is 53.0. The van der Waals surface area contributed by atoms with Gasteiger partial charge in [-0.1, -0.05) is 30.7 Å². The Labute approximate surface area is 193 Å². The molecule has 4 rings (SSSR count). The van der Waals surface area contributed by atoms with Crippen LogP contribution >= 0.6 is 0 Å². The van der Waals surface area contributed by atoms with Crippen LogP contribution in [-0.2, 0) is 28.7 Å². The number of esters is 2. The average molecular weight is 457 g/mol. The smallest absolute Gasteiger partial charge is 0.331 e. The number of Topliss-reactive ketones (excluding diaryl/α,β-unsaturated/α-hetero) is 2. The molecule has 7 nitrogen and oxygen atoms in total. The van der Waals surface area contributed by atoms with E-state index in [1.54, 1.807) is 6.92 Å². The molecule has 1 spiro atoms. The number of hydrogen-bond donors (Lipinski definition) is 1. The van der Waals surface area contributed by atoms with Gasteiger partial charge in [0.05, 0.1) is 12.5 Å². The Balaban J connectivity index is 2.11. The molecule has 1 N–H and O–H groups in total. The van der Waals surface area contributed by atoms with Crippen molar-refractivity contribution in [2.75, 3.05) is 7.11 Å². The first kappa shape index (κ1) is 23.6. The summed E-state index contributed by atoms with van der Waals surface area (Å²) in [5.41, 5.74) is -6.39. The summed E-state index contributed by atoms with van der Waals surface area (Å²) in [5, 5.41) is 11.1. The Morgan fingerprint density at radius 3 is 2.24 bits per heavy atom. The number of carbonyl (C=O) groups excluding carboxylic acids is 4. The van der Waals surface area contributed by atoms with Gasteiger partial charge in [-0.05, 0) is 59.5 Å². The Morgan fingerprint density at radius 1 is 1.09 bits per heavy atom. The van der Waals surface area contributed by atoms with Gasteiger partial charge >= 0.3 is 11.9 Å². The lowest BCUT2D eigenvalue weighted by Gasteiger charge is -2.65. The van der Waals surface area contributed by atoms with Crippen LogP contribution in [0.3, 0.4) is 0 Å². The van der Waals surface area contributed by atoms with Gasteiger partial charge in [-0.3, -0.25) is 14.4 Å².